The van der Waals surface area contributed by atoms with Crippen LogP contribution < -0.4 is 4.74 Å². The molecule has 25 heavy (non-hydrogen) atoms. The Balaban J connectivity index is 1.95. The highest BCUT2D eigenvalue weighted by Gasteiger charge is 2.21. The minimum atomic E-state index is -0.669. The zero-order valence-corrected chi connectivity index (χ0v) is 13.8. The predicted octanol–water partition coefficient (Wildman–Crippen LogP) is 3.93. The van der Waals surface area contributed by atoms with Crippen molar-refractivity contribution in [2.24, 2.45) is 0 Å². The number of rotatable bonds is 6. The van der Waals surface area contributed by atoms with Gasteiger partial charge in [0.05, 0.1) is 38.4 Å². The van der Waals surface area contributed by atoms with Crippen LogP contribution in [-0.2, 0) is 0 Å². The summed E-state index contributed by atoms with van der Waals surface area (Å²) in [5.74, 6) is 0.691. The first kappa shape index (κ1) is 16.7. The van der Waals surface area contributed by atoms with Crippen molar-refractivity contribution in [2.45, 2.75) is 17.0 Å². The molecule has 9 nitrogen and oxygen atoms in total. The van der Waals surface area contributed by atoms with E-state index in [9.17, 15) is 20.2 Å². The Kier molecular flexibility index (Phi) is 4.52. The number of nitrogens with one attached hydrogen (secondary N) is 1. The van der Waals surface area contributed by atoms with Crippen LogP contribution in [0.25, 0.3) is 11.0 Å². The Hall–Kier alpha value is -3.14. The van der Waals surface area contributed by atoms with Crippen LogP contribution >= 0.6 is 11.8 Å². The number of hydrogen-bond acceptors (Lipinski definition) is 7. The van der Waals surface area contributed by atoms with E-state index in [2.05, 4.69) is 9.97 Å². The lowest BCUT2D eigenvalue weighted by Gasteiger charge is -2.01. The number of imidazole rings is 1. The minimum Gasteiger partial charge on any atom is -0.494 e. The summed E-state index contributed by atoms with van der Waals surface area (Å²) in [5, 5.41) is 22.4. The molecule has 0 atom stereocenters. The van der Waals surface area contributed by atoms with Crippen LogP contribution in [-0.4, -0.2) is 26.4 Å². The van der Waals surface area contributed by atoms with Gasteiger partial charge in [-0.15, -0.1) is 0 Å². The highest BCUT2D eigenvalue weighted by Crippen LogP contribution is 2.36. The number of ether oxygens (including phenoxy) is 1. The fourth-order valence-corrected chi connectivity index (χ4v) is 3.11. The molecule has 1 heterocycles. The van der Waals surface area contributed by atoms with E-state index in [0.29, 0.717) is 23.0 Å². The summed E-state index contributed by atoms with van der Waals surface area (Å²) in [4.78, 5) is 28.4. The van der Waals surface area contributed by atoms with E-state index in [0.717, 1.165) is 23.3 Å². The highest BCUT2D eigenvalue weighted by molar-refractivity contribution is 7.99. The van der Waals surface area contributed by atoms with Crippen LogP contribution in [0.2, 0.25) is 0 Å². The predicted molar refractivity (Wildman–Crippen MR) is 91.1 cm³/mol. The van der Waals surface area contributed by atoms with Gasteiger partial charge in [0.1, 0.15) is 5.75 Å². The van der Waals surface area contributed by atoms with Crippen LogP contribution in [0.4, 0.5) is 11.4 Å². The zero-order chi connectivity index (χ0) is 18.0. The summed E-state index contributed by atoms with van der Waals surface area (Å²) in [6.07, 6.45) is 0. The Morgan fingerprint density at radius 2 is 1.96 bits per heavy atom. The van der Waals surface area contributed by atoms with Crippen molar-refractivity contribution in [1.82, 2.24) is 9.97 Å². The number of aromatic nitrogens is 2. The van der Waals surface area contributed by atoms with Gasteiger partial charge in [-0.1, -0.05) is 0 Å². The normalized spacial score (nSPS) is 10.8. The molecule has 3 aromatic rings. The van der Waals surface area contributed by atoms with Gasteiger partial charge in [-0.25, -0.2) is 4.98 Å². The molecule has 1 aromatic heterocycles. The topological polar surface area (TPSA) is 124 Å². The third kappa shape index (κ3) is 3.53. The van der Waals surface area contributed by atoms with Crippen LogP contribution in [0, 0.1) is 20.2 Å². The lowest BCUT2D eigenvalue weighted by atomic mass is 10.3. The van der Waals surface area contributed by atoms with E-state index in [1.807, 2.05) is 6.92 Å². The standard InChI is InChI=1S/C15H12N4O5S/c1-2-24-10-4-5-11-12(8-10)17-15(16-11)25-14-6-3-9(18(20)21)7-13(14)19(22)23/h3-8H,2H2,1H3,(H,16,17). The molecule has 0 aliphatic heterocycles. The molecule has 0 aliphatic rings. The lowest BCUT2D eigenvalue weighted by molar-refractivity contribution is -0.396. The molecule has 0 bridgehead atoms. The molecule has 0 aliphatic carbocycles. The van der Waals surface area contributed by atoms with Crippen molar-refractivity contribution < 1.29 is 14.6 Å². The molecule has 128 valence electrons. The first-order valence-corrected chi connectivity index (χ1v) is 8.03. The van der Waals surface area contributed by atoms with Gasteiger partial charge < -0.3 is 9.72 Å². The molecule has 0 spiro atoms. The Labute approximate surface area is 145 Å². The van der Waals surface area contributed by atoms with E-state index >= 15 is 0 Å². The monoisotopic (exact) mass is 360 g/mol. The average Bonchev–Trinajstić information content (AvgIpc) is 2.96. The number of benzene rings is 2. The number of fused-ring (bicyclic) bond motifs is 1. The molecule has 0 saturated carbocycles. The first-order chi connectivity index (χ1) is 12.0. The largest absolute Gasteiger partial charge is 0.494 e. The van der Waals surface area contributed by atoms with Gasteiger partial charge in [0, 0.05) is 12.1 Å². The quantitative estimate of drug-likeness (QED) is 0.521. The fourth-order valence-electron chi connectivity index (χ4n) is 2.22. The average molecular weight is 360 g/mol. The second kappa shape index (κ2) is 6.77. The molecular weight excluding hydrogens is 348 g/mol. The van der Waals surface area contributed by atoms with Crippen LogP contribution in [0.5, 0.6) is 5.75 Å². The second-order valence-corrected chi connectivity index (χ2v) is 5.95. The summed E-state index contributed by atoms with van der Waals surface area (Å²) in [7, 11) is 0. The SMILES string of the molecule is CCOc1ccc2nc(Sc3ccc([N+](=O)[O-])cc3[N+](=O)[O-])[nH]c2c1. The number of H-pyrrole nitrogens is 1. The Morgan fingerprint density at radius 3 is 2.64 bits per heavy atom. The smallest absolute Gasteiger partial charge is 0.290 e. The van der Waals surface area contributed by atoms with Gasteiger partial charge >= 0.3 is 0 Å². The maximum Gasteiger partial charge on any atom is 0.290 e. The van der Waals surface area contributed by atoms with E-state index in [4.69, 9.17) is 4.74 Å². The molecule has 0 fully saturated rings. The van der Waals surface area contributed by atoms with Gasteiger partial charge in [0.25, 0.3) is 11.4 Å². The molecule has 0 amide bonds. The van der Waals surface area contributed by atoms with Crippen molar-refractivity contribution >= 4 is 34.2 Å². The summed E-state index contributed by atoms with van der Waals surface area (Å²) in [6.45, 7) is 2.42. The van der Waals surface area contributed by atoms with Gasteiger partial charge in [-0.3, -0.25) is 20.2 Å². The Morgan fingerprint density at radius 1 is 1.16 bits per heavy atom. The summed E-state index contributed by atoms with van der Waals surface area (Å²) >= 11 is 1.04. The molecule has 0 unspecified atom stereocenters. The minimum absolute atomic E-state index is 0.264. The third-order valence-electron chi connectivity index (χ3n) is 3.30. The fraction of sp³-hybridized carbons (Fsp3) is 0.133. The van der Waals surface area contributed by atoms with Crippen LogP contribution in [0.1, 0.15) is 6.92 Å². The molecule has 10 heteroatoms. The summed E-state index contributed by atoms with van der Waals surface area (Å²) in [6, 6.07) is 8.88. The van der Waals surface area contributed by atoms with Crippen molar-refractivity contribution in [2.75, 3.05) is 6.61 Å². The summed E-state index contributed by atoms with van der Waals surface area (Å²) < 4.78 is 5.42. The number of nitro benzene ring substituents is 2. The third-order valence-corrected chi connectivity index (χ3v) is 4.25. The second-order valence-electron chi connectivity index (χ2n) is 4.92. The maximum atomic E-state index is 11.2. The van der Waals surface area contributed by atoms with Gasteiger partial charge in [-0.2, -0.15) is 0 Å². The van der Waals surface area contributed by atoms with E-state index in [1.165, 1.54) is 12.1 Å². The molecular formula is C15H12N4O5S. The van der Waals surface area contributed by atoms with Gasteiger partial charge in [-0.05, 0) is 36.9 Å². The molecule has 2 aromatic carbocycles. The molecule has 0 radical (unpaired) electrons. The van der Waals surface area contributed by atoms with Crippen molar-refractivity contribution in [3.8, 4) is 5.75 Å². The molecule has 0 saturated heterocycles. The van der Waals surface area contributed by atoms with Gasteiger partial charge in [0.2, 0.25) is 0 Å². The van der Waals surface area contributed by atoms with E-state index < -0.39 is 9.85 Å². The first-order valence-electron chi connectivity index (χ1n) is 7.21. The van der Waals surface area contributed by atoms with Crippen molar-refractivity contribution in [1.29, 1.82) is 0 Å². The zero-order valence-electron chi connectivity index (χ0n) is 13.0. The van der Waals surface area contributed by atoms with Crippen molar-refractivity contribution in [3.05, 3.63) is 56.6 Å². The lowest BCUT2D eigenvalue weighted by Crippen LogP contribution is -1.94. The maximum absolute atomic E-state index is 11.2. The van der Waals surface area contributed by atoms with Crippen LogP contribution in [0.15, 0.2) is 46.5 Å². The van der Waals surface area contributed by atoms with E-state index in [1.54, 1.807) is 18.2 Å². The summed E-state index contributed by atoms with van der Waals surface area (Å²) in [5.41, 5.74) is 0.755. The number of nitro groups is 2. The van der Waals surface area contributed by atoms with Crippen LogP contribution in [0.3, 0.4) is 0 Å². The highest BCUT2D eigenvalue weighted by atomic mass is 32.2. The molecule has 3 rings (SSSR count). The van der Waals surface area contributed by atoms with Crippen molar-refractivity contribution in [3.63, 3.8) is 0 Å². The number of hydrogen-bond donors (Lipinski definition) is 1. The number of nitrogens with zero attached hydrogens (tertiary/aromatic N) is 3. The number of non-ortho nitro benzene ring substituents is 1. The van der Waals surface area contributed by atoms with Gasteiger partial charge in [0.15, 0.2) is 5.16 Å². The molecule has 1 N–H and O–H groups in total. The number of aromatic amines is 1. The Bertz CT molecular complexity index is 972. The van der Waals surface area contributed by atoms with E-state index in [-0.39, 0.29) is 16.3 Å².